The first-order valence-electron chi connectivity index (χ1n) is 6.72. The van der Waals surface area contributed by atoms with Gasteiger partial charge in [-0.05, 0) is 25.7 Å². The number of morpholine rings is 1. The number of amides is 2. The van der Waals surface area contributed by atoms with Crippen LogP contribution < -0.4 is 5.32 Å². The molecule has 0 aromatic heterocycles. The molecule has 0 radical (unpaired) electrons. The summed E-state index contributed by atoms with van der Waals surface area (Å²) < 4.78 is 5.08. The van der Waals surface area contributed by atoms with Crippen molar-refractivity contribution in [2.75, 3.05) is 26.2 Å². The predicted octanol–water partition coefficient (Wildman–Crippen LogP) is 0.982. The van der Waals surface area contributed by atoms with E-state index in [9.17, 15) is 9.59 Å². The number of rotatable bonds is 4. The first-order chi connectivity index (χ1) is 9.16. The average Bonchev–Trinajstić information content (AvgIpc) is 2.92. The molecule has 1 fully saturated rings. The third-order valence-electron chi connectivity index (χ3n) is 3.49. The molecule has 0 saturated carbocycles. The first-order valence-corrected chi connectivity index (χ1v) is 6.72. The maximum Gasteiger partial charge on any atom is 0.334 e. The highest BCUT2D eigenvalue weighted by atomic mass is 16.5. The zero-order chi connectivity index (χ0) is 13.7. The Bertz CT molecular complexity index is 381. The van der Waals surface area contributed by atoms with E-state index >= 15 is 0 Å². The van der Waals surface area contributed by atoms with Gasteiger partial charge in [-0.25, -0.2) is 9.59 Å². The lowest BCUT2D eigenvalue weighted by atomic mass is 10.2. The fourth-order valence-electron chi connectivity index (χ4n) is 2.39. The van der Waals surface area contributed by atoms with Gasteiger partial charge in [0.25, 0.3) is 0 Å². The van der Waals surface area contributed by atoms with Gasteiger partial charge in [0.1, 0.15) is 0 Å². The van der Waals surface area contributed by atoms with Crippen LogP contribution in [0.4, 0.5) is 4.79 Å². The summed E-state index contributed by atoms with van der Waals surface area (Å²) >= 11 is 0. The minimum Gasteiger partial charge on any atom is -0.479 e. The number of nitrogens with zero attached hydrogens (tertiary/aromatic N) is 1. The van der Waals surface area contributed by atoms with Crippen molar-refractivity contribution in [3.63, 3.8) is 0 Å². The zero-order valence-corrected chi connectivity index (χ0v) is 10.9. The maximum atomic E-state index is 11.9. The number of carbonyl (C=O) groups is 2. The van der Waals surface area contributed by atoms with Gasteiger partial charge in [-0.1, -0.05) is 11.6 Å². The van der Waals surface area contributed by atoms with E-state index in [4.69, 9.17) is 9.84 Å². The lowest BCUT2D eigenvalue weighted by molar-refractivity contribution is -0.154. The Kier molecular flexibility index (Phi) is 4.79. The smallest absolute Gasteiger partial charge is 0.334 e. The van der Waals surface area contributed by atoms with Crippen LogP contribution in [0.15, 0.2) is 11.6 Å². The zero-order valence-electron chi connectivity index (χ0n) is 10.9. The summed E-state index contributed by atoms with van der Waals surface area (Å²) in [6.07, 6.45) is 5.71. The van der Waals surface area contributed by atoms with Gasteiger partial charge in [0.2, 0.25) is 0 Å². The summed E-state index contributed by atoms with van der Waals surface area (Å²) in [5.74, 6) is -1.02. The number of ether oxygens (including phenoxy) is 1. The number of allylic oxidation sites excluding steroid dienone is 1. The van der Waals surface area contributed by atoms with Crippen LogP contribution in [0, 0.1) is 0 Å². The van der Waals surface area contributed by atoms with Crippen molar-refractivity contribution in [1.29, 1.82) is 0 Å². The molecular formula is C13H20N2O4. The molecule has 2 amide bonds. The van der Waals surface area contributed by atoms with E-state index in [1.165, 1.54) is 16.9 Å². The van der Waals surface area contributed by atoms with Gasteiger partial charge in [-0.15, -0.1) is 0 Å². The molecule has 2 rings (SSSR count). The summed E-state index contributed by atoms with van der Waals surface area (Å²) in [6.45, 7) is 1.44. The summed E-state index contributed by atoms with van der Waals surface area (Å²) in [5.41, 5.74) is 1.41. The van der Waals surface area contributed by atoms with Crippen LogP contribution in [0.5, 0.6) is 0 Å². The van der Waals surface area contributed by atoms with E-state index in [1.54, 1.807) is 0 Å². The molecule has 2 N–H and O–H groups in total. The lowest BCUT2D eigenvalue weighted by Crippen LogP contribution is -2.51. The number of carboxylic acid groups (broad SMARTS) is 1. The highest BCUT2D eigenvalue weighted by Crippen LogP contribution is 2.19. The molecule has 6 heteroatoms. The normalized spacial score (nSPS) is 23.1. The second-order valence-electron chi connectivity index (χ2n) is 4.88. The molecule has 0 aromatic rings. The summed E-state index contributed by atoms with van der Waals surface area (Å²) in [6, 6.07) is -0.201. The molecule has 1 saturated heterocycles. The van der Waals surface area contributed by atoms with Crippen molar-refractivity contribution in [3.05, 3.63) is 11.6 Å². The van der Waals surface area contributed by atoms with E-state index in [1.807, 2.05) is 0 Å². The van der Waals surface area contributed by atoms with Crippen LogP contribution in [0.3, 0.4) is 0 Å². The van der Waals surface area contributed by atoms with E-state index in [-0.39, 0.29) is 19.2 Å². The molecule has 6 nitrogen and oxygen atoms in total. The molecule has 0 aromatic carbocycles. The minimum absolute atomic E-state index is 0.115. The van der Waals surface area contributed by atoms with E-state index in [0.717, 1.165) is 19.3 Å². The minimum atomic E-state index is -1.02. The summed E-state index contributed by atoms with van der Waals surface area (Å²) in [7, 11) is 0. The lowest BCUT2D eigenvalue weighted by Gasteiger charge is -2.30. The summed E-state index contributed by atoms with van der Waals surface area (Å²) in [5, 5.41) is 11.7. The highest BCUT2D eigenvalue weighted by Gasteiger charge is 2.28. The standard InChI is InChI=1S/C13H20N2O4/c16-12(17)11-9-15(7-8-19-11)13(18)14-6-5-10-3-1-2-4-10/h3,11H,1-2,4-9H2,(H,14,18)(H,16,17). The molecule has 1 heterocycles. The van der Waals surface area contributed by atoms with Crippen molar-refractivity contribution in [2.24, 2.45) is 0 Å². The molecule has 0 spiro atoms. The number of urea groups is 1. The molecule has 106 valence electrons. The Labute approximate surface area is 112 Å². The largest absolute Gasteiger partial charge is 0.479 e. The molecule has 1 unspecified atom stereocenters. The Morgan fingerprint density at radius 2 is 2.37 bits per heavy atom. The van der Waals surface area contributed by atoms with Gasteiger partial charge in [0.15, 0.2) is 6.10 Å². The first kappa shape index (κ1) is 13.9. The molecule has 1 aliphatic heterocycles. The second-order valence-corrected chi connectivity index (χ2v) is 4.88. The van der Waals surface area contributed by atoms with Gasteiger partial charge in [0.05, 0.1) is 13.2 Å². The number of nitrogens with one attached hydrogen (secondary N) is 1. The van der Waals surface area contributed by atoms with Crippen molar-refractivity contribution in [1.82, 2.24) is 10.2 Å². The van der Waals surface area contributed by atoms with Gasteiger partial charge in [-0.3, -0.25) is 0 Å². The Morgan fingerprint density at radius 3 is 3.05 bits per heavy atom. The van der Waals surface area contributed by atoms with Crippen LogP contribution in [0.25, 0.3) is 0 Å². The SMILES string of the molecule is O=C(O)C1CN(C(=O)NCCC2=CCCC2)CCO1. The summed E-state index contributed by atoms with van der Waals surface area (Å²) in [4.78, 5) is 24.2. The number of carbonyl (C=O) groups excluding carboxylic acids is 1. The van der Waals surface area contributed by atoms with Crippen molar-refractivity contribution in [2.45, 2.75) is 31.8 Å². The molecule has 0 bridgehead atoms. The van der Waals surface area contributed by atoms with Crippen molar-refractivity contribution < 1.29 is 19.4 Å². The molecule has 2 aliphatic rings. The topological polar surface area (TPSA) is 78.9 Å². The van der Waals surface area contributed by atoms with Gasteiger partial charge in [-0.2, -0.15) is 0 Å². The van der Waals surface area contributed by atoms with E-state index < -0.39 is 12.1 Å². The Morgan fingerprint density at radius 1 is 1.53 bits per heavy atom. The average molecular weight is 268 g/mol. The van der Waals surface area contributed by atoms with E-state index in [2.05, 4.69) is 11.4 Å². The van der Waals surface area contributed by atoms with Gasteiger partial charge < -0.3 is 20.1 Å². The molecule has 1 aliphatic carbocycles. The number of hydrogen-bond donors (Lipinski definition) is 2. The van der Waals surface area contributed by atoms with Gasteiger partial charge >= 0.3 is 12.0 Å². The quantitative estimate of drug-likeness (QED) is 0.745. The van der Waals surface area contributed by atoms with Crippen LogP contribution in [0.1, 0.15) is 25.7 Å². The molecule has 1 atom stereocenters. The number of aliphatic carboxylic acids is 1. The number of hydrogen-bond acceptors (Lipinski definition) is 3. The fraction of sp³-hybridized carbons (Fsp3) is 0.692. The molecule has 19 heavy (non-hydrogen) atoms. The van der Waals surface area contributed by atoms with Crippen LogP contribution in [-0.2, 0) is 9.53 Å². The van der Waals surface area contributed by atoms with Crippen LogP contribution in [-0.4, -0.2) is 54.4 Å². The number of carboxylic acids is 1. The van der Waals surface area contributed by atoms with Crippen molar-refractivity contribution in [3.8, 4) is 0 Å². The van der Waals surface area contributed by atoms with Crippen LogP contribution in [0.2, 0.25) is 0 Å². The Hall–Kier alpha value is -1.56. The van der Waals surface area contributed by atoms with Crippen molar-refractivity contribution >= 4 is 12.0 Å². The van der Waals surface area contributed by atoms with Gasteiger partial charge in [0, 0.05) is 13.1 Å². The van der Waals surface area contributed by atoms with E-state index in [0.29, 0.717) is 13.1 Å². The Balaban J connectivity index is 1.71. The highest BCUT2D eigenvalue weighted by molar-refractivity contribution is 5.77. The third-order valence-corrected chi connectivity index (χ3v) is 3.49. The monoisotopic (exact) mass is 268 g/mol. The fourth-order valence-corrected chi connectivity index (χ4v) is 2.39. The maximum absolute atomic E-state index is 11.9. The van der Waals surface area contributed by atoms with Crippen LogP contribution >= 0.6 is 0 Å². The molecular weight excluding hydrogens is 248 g/mol. The third kappa shape index (κ3) is 3.96. The predicted molar refractivity (Wildman–Crippen MR) is 68.9 cm³/mol. The second kappa shape index (κ2) is 6.56.